The van der Waals surface area contributed by atoms with Crippen LogP contribution < -0.4 is 5.32 Å². The maximum Gasteiger partial charge on any atom is 0.249 e. The molecular formula is C16H26N2O3. The fourth-order valence-corrected chi connectivity index (χ4v) is 3.82. The predicted octanol–water partition coefficient (Wildman–Crippen LogP) is 1.46. The fraction of sp³-hybridized carbons (Fsp3) is 0.875. The van der Waals surface area contributed by atoms with Crippen molar-refractivity contribution in [3.05, 3.63) is 0 Å². The molecule has 5 nitrogen and oxygen atoms in total. The minimum atomic E-state index is -0.711. The molecule has 0 bridgehead atoms. The number of carbonyl (C=O) groups is 2. The molecule has 0 aromatic carbocycles. The van der Waals surface area contributed by atoms with Crippen LogP contribution in [-0.4, -0.2) is 47.0 Å². The van der Waals surface area contributed by atoms with Crippen LogP contribution in [0.1, 0.15) is 52.9 Å². The van der Waals surface area contributed by atoms with E-state index in [0.29, 0.717) is 18.9 Å². The first-order chi connectivity index (χ1) is 9.89. The van der Waals surface area contributed by atoms with Crippen LogP contribution in [0.5, 0.6) is 0 Å². The number of piperazine rings is 1. The lowest BCUT2D eigenvalue weighted by atomic mass is 9.87. The molecule has 118 valence electrons. The Kier molecular flexibility index (Phi) is 3.51. The largest absolute Gasteiger partial charge is 0.373 e. The van der Waals surface area contributed by atoms with Gasteiger partial charge < -0.3 is 15.0 Å². The molecule has 1 aliphatic carbocycles. The molecule has 21 heavy (non-hydrogen) atoms. The van der Waals surface area contributed by atoms with Crippen molar-refractivity contribution in [2.24, 2.45) is 5.92 Å². The minimum Gasteiger partial charge on any atom is -0.373 e. The van der Waals surface area contributed by atoms with E-state index in [-0.39, 0.29) is 23.5 Å². The van der Waals surface area contributed by atoms with Gasteiger partial charge in [-0.2, -0.15) is 0 Å². The third-order valence-electron chi connectivity index (χ3n) is 5.35. The Hall–Kier alpha value is -1.10. The summed E-state index contributed by atoms with van der Waals surface area (Å²) in [6.07, 6.45) is 4.69. The second kappa shape index (κ2) is 4.97. The topological polar surface area (TPSA) is 58.6 Å². The molecular weight excluding hydrogens is 268 g/mol. The van der Waals surface area contributed by atoms with Crippen molar-refractivity contribution < 1.29 is 14.3 Å². The summed E-state index contributed by atoms with van der Waals surface area (Å²) in [5.41, 5.74) is -1.01. The van der Waals surface area contributed by atoms with Crippen LogP contribution in [0.25, 0.3) is 0 Å². The molecule has 3 atom stereocenters. The van der Waals surface area contributed by atoms with Crippen LogP contribution in [0.4, 0.5) is 0 Å². The van der Waals surface area contributed by atoms with Crippen LogP contribution in [0.15, 0.2) is 0 Å². The Morgan fingerprint density at radius 2 is 2.05 bits per heavy atom. The third kappa shape index (κ3) is 2.45. The predicted molar refractivity (Wildman–Crippen MR) is 78.7 cm³/mol. The van der Waals surface area contributed by atoms with E-state index < -0.39 is 5.54 Å². The van der Waals surface area contributed by atoms with E-state index in [1.165, 1.54) is 0 Å². The summed E-state index contributed by atoms with van der Waals surface area (Å²) in [7, 11) is 0. The Bertz CT molecular complexity index is 454. The molecule has 2 amide bonds. The highest BCUT2D eigenvalue weighted by atomic mass is 16.5. The Morgan fingerprint density at radius 1 is 1.33 bits per heavy atom. The van der Waals surface area contributed by atoms with Crippen LogP contribution in [0, 0.1) is 5.92 Å². The minimum absolute atomic E-state index is 0.00639. The van der Waals surface area contributed by atoms with Gasteiger partial charge in [0.05, 0.1) is 12.1 Å². The van der Waals surface area contributed by atoms with E-state index in [1.807, 2.05) is 13.8 Å². The summed E-state index contributed by atoms with van der Waals surface area (Å²) < 4.78 is 5.84. The fourth-order valence-electron chi connectivity index (χ4n) is 3.82. The van der Waals surface area contributed by atoms with Crippen molar-refractivity contribution in [2.45, 2.75) is 70.1 Å². The van der Waals surface area contributed by atoms with Gasteiger partial charge >= 0.3 is 0 Å². The van der Waals surface area contributed by atoms with Gasteiger partial charge in [-0.1, -0.05) is 6.92 Å². The molecule has 3 unspecified atom stereocenters. The molecule has 0 radical (unpaired) electrons. The first-order valence-electron chi connectivity index (χ1n) is 8.17. The summed E-state index contributed by atoms with van der Waals surface area (Å²) >= 11 is 0. The Morgan fingerprint density at radius 3 is 2.57 bits per heavy atom. The molecule has 2 aliphatic heterocycles. The van der Waals surface area contributed by atoms with E-state index in [2.05, 4.69) is 12.2 Å². The monoisotopic (exact) mass is 294 g/mol. The summed E-state index contributed by atoms with van der Waals surface area (Å²) in [5.74, 6) is 0.368. The molecule has 0 aromatic rings. The molecule has 3 fully saturated rings. The van der Waals surface area contributed by atoms with Crippen molar-refractivity contribution in [1.82, 2.24) is 10.2 Å². The van der Waals surface area contributed by atoms with Gasteiger partial charge in [0, 0.05) is 6.61 Å². The zero-order valence-corrected chi connectivity index (χ0v) is 13.3. The van der Waals surface area contributed by atoms with Crippen molar-refractivity contribution in [3.63, 3.8) is 0 Å². The van der Waals surface area contributed by atoms with Crippen LogP contribution in [-0.2, 0) is 14.3 Å². The van der Waals surface area contributed by atoms with Crippen LogP contribution >= 0.6 is 0 Å². The lowest BCUT2D eigenvalue weighted by molar-refractivity contribution is -0.159. The number of amides is 2. The zero-order chi connectivity index (χ0) is 15.3. The molecule has 1 N–H and O–H groups in total. The van der Waals surface area contributed by atoms with E-state index in [1.54, 1.807) is 4.90 Å². The molecule has 3 rings (SSSR count). The van der Waals surface area contributed by atoms with Crippen LogP contribution in [0.2, 0.25) is 0 Å². The number of nitrogens with one attached hydrogen (secondary N) is 1. The summed E-state index contributed by atoms with van der Waals surface area (Å²) in [6, 6.07) is -0.356. The van der Waals surface area contributed by atoms with Gasteiger partial charge in [0.15, 0.2) is 0 Å². The standard InChI is InChI=1S/C16H26N2O3/c1-4-12-13(19)17-16(3,11-6-7-11)14(20)18(12)10-15(2)8-5-9-21-15/h11-12H,4-10H2,1-3H3,(H,17,19). The van der Waals surface area contributed by atoms with Gasteiger partial charge in [0.1, 0.15) is 11.6 Å². The average molecular weight is 294 g/mol. The van der Waals surface area contributed by atoms with Crippen molar-refractivity contribution >= 4 is 11.8 Å². The Labute approximate surface area is 126 Å². The average Bonchev–Trinajstić information content (AvgIpc) is 3.20. The van der Waals surface area contributed by atoms with E-state index in [9.17, 15) is 9.59 Å². The third-order valence-corrected chi connectivity index (χ3v) is 5.35. The number of hydrogen-bond donors (Lipinski definition) is 1. The van der Waals surface area contributed by atoms with E-state index >= 15 is 0 Å². The highest BCUT2D eigenvalue weighted by Gasteiger charge is 2.55. The normalized spacial score (nSPS) is 40.5. The summed E-state index contributed by atoms with van der Waals surface area (Å²) in [6.45, 7) is 7.19. The lowest BCUT2D eigenvalue weighted by Crippen LogP contribution is -2.71. The first kappa shape index (κ1) is 14.8. The smallest absolute Gasteiger partial charge is 0.249 e. The van der Waals surface area contributed by atoms with Gasteiger partial charge in [-0.25, -0.2) is 0 Å². The van der Waals surface area contributed by atoms with Crippen molar-refractivity contribution in [3.8, 4) is 0 Å². The van der Waals surface area contributed by atoms with Gasteiger partial charge in [-0.05, 0) is 51.9 Å². The second-order valence-corrected chi connectivity index (χ2v) is 7.22. The number of rotatable bonds is 4. The van der Waals surface area contributed by atoms with Gasteiger partial charge in [0.25, 0.3) is 0 Å². The lowest BCUT2D eigenvalue weighted by Gasteiger charge is -2.46. The molecule has 1 saturated carbocycles. The van der Waals surface area contributed by atoms with E-state index in [4.69, 9.17) is 4.74 Å². The quantitative estimate of drug-likeness (QED) is 0.854. The number of hydrogen-bond acceptors (Lipinski definition) is 3. The maximum atomic E-state index is 13.0. The molecule has 2 saturated heterocycles. The maximum absolute atomic E-state index is 13.0. The van der Waals surface area contributed by atoms with Crippen LogP contribution in [0.3, 0.4) is 0 Å². The van der Waals surface area contributed by atoms with E-state index in [0.717, 1.165) is 32.3 Å². The first-order valence-corrected chi connectivity index (χ1v) is 8.17. The number of nitrogens with zero attached hydrogens (tertiary/aromatic N) is 1. The molecule has 0 aromatic heterocycles. The Balaban J connectivity index is 1.85. The van der Waals surface area contributed by atoms with Gasteiger partial charge in [0.2, 0.25) is 11.8 Å². The molecule has 2 heterocycles. The van der Waals surface area contributed by atoms with Gasteiger partial charge in [-0.3, -0.25) is 9.59 Å². The molecule has 5 heteroatoms. The summed E-state index contributed by atoms with van der Waals surface area (Å²) in [4.78, 5) is 27.3. The molecule has 0 spiro atoms. The van der Waals surface area contributed by atoms with Gasteiger partial charge in [-0.15, -0.1) is 0 Å². The highest BCUT2D eigenvalue weighted by Crippen LogP contribution is 2.43. The second-order valence-electron chi connectivity index (χ2n) is 7.22. The number of ether oxygens (including phenoxy) is 1. The highest BCUT2D eigenvalue weighted by molar-refractivity contribution is 6.00. The SMILES string of the molecule is CCC1C(=O)NC(C)(C2CC2)C(=O)N1CC1(C)CCCO1. The zero-order valence-electron chi connectivity index (χ0n) is 13.3. The van der Waals surface area contributed by atoms with Crippen molar-refractivity contribution in [2.75, 3.05) is 13.2 Å². The molecule has 3 aliphatic rings. The number of carbonyl (C=O) groups excluding carboxylic acids is 2. The van der Waals surface area contributed by atoms with Crippen molar-refractivity contribution in [1.29, 1.82) is 0 Å². The summed E-state index contributed by atoms with van der Waals surface area (Å²) in [5, 5.41) is 3.00.